The summed E-state index contributed by atoms with van der Waals surface area (Å²) in [6, 6.07) is 0.658. The van der Waals surface area contributed by atoms with Gasteiger partial charge >= 0.3 is 0 Å². The van der Waals surface area contributed by atoms with Gasteiger partial charge in [-0.1, -0.05) is 0 Å². The Morgan fingerprint density at radius 2 is 2.17 bits per heavy atom. The van der Waals surface area contributed by atoms with Crippen LogP contribution in [0.5, 0.6) is 0 Å². The lowest BCUT2D eigenvalue weighted by Crippen LogP contribution is -2.44. The van der Waals surface area contributed by atoms with E-state index in [2.05, 4.69) is 44.9 Å². The SMILES string of the molecule is Cc1nn(C)c(CN(C)C2CCCN(C)C2)c1Br. The van der Waals surface area contributed by atoms with Gasteiger partial charge in [-0.3, -0.25) is 9.58 Å². The molecule has 0 bridgehead atoms. The Morgan fingerprint density at radius 3 is 2.72 bits per heavy atom. The van der Waals surface area contributed by atoms with Crippen molar-refractivity contribution in [3.05, 3.63) is 15.9 Å². The number of hydrogen-bond donors (Lipinski definition) is 0. The number of nitrogens with zero attached hydrogens (tertiary/aromatic N) is 4. The maximum Gasteiger partial charge on any atom is 0.0739 e. The molecule has 0 aliphatic carbocycles. The summed E-state index contributed by atoms with van der Waals surface area (Å²) in [5, 5.41) is 4.46. The average molecular weight is 315 g/mol. The number of aromatic nitrogens is 2. The number of likely N-dealkylation sites (tertiary alicyclic amines) is 1. The summed E-state index contributed by atoms with van der Waals surface area (Å²) in [6.07, 6.45) is 2.60. The third-order valence-corrected chi connectivity index (χ3v) is 4.92. The smallest absolute Gasteiger partial charge is 0.0739 e. The van der Waals surface area contributed by atoms with E-state index in [1.165, 1.54) is 31.6 Å². The fourth-order valence-electron chi connectivity index (χ4n) is 2.72. The highest BCUT2D eigenvalue weighted by Crippen LogP contribution is 2.23. The van der Waals surface area contributed by atoms with Gasteiger partial charge in [0.15, 0.2) is 0 Å². The molecule has 102 valence electrons. The minimum Gasteiger partial charge on any atom is -0.305 e. The van der Waals surface area contributed by atoms with Gasteiger partial charge in [0.25, 0.3) is 0 Å². The van der Waals surface area contributed by atoms with Crippen LogP contribution in [0.4, 0.5) is 0 Å². The van der Waals surface area contributed by atoms with Gasteiger partial charge in [-0.15, -0.1) is 0 Å². The Labute approximate surface area is 118 Å². The number of piperidine rings is 1. The van der Waals surface area contributed by atoms with Gasteiger partial charge in [-0.2, -0.15) is 5.10 Å². The van der Waals surface area contributed by atoms with E-state index < -0.39 is 0 Å². The molecule has 1 aromatic rings. The van der Waals surface area contributed by atoms with Crippen LogP contribution >= 0.6 is 15.9 Å². The fourth-order valence-corrected chi connectivity index (χ4v) is 3.18. The van der Waals surface area contributed by atoms with Crippen LogP contribution in [-0.4, -0.2) is 52.8 Å². The summed E-state index contributed by atoms with van der Waals surface area (Å²) < 4.78 is 3.14. The summed E-state index contributed by atoms with van der Waals surface area (Å²) in [6.45, 7) is 5.40. The molecular weight excluding hydrogens is 292 g/mol. The van der Waals surface area contributed by atoms with Gasteiger partial charge in [-0.25, -0.2) is 0 Å². The van der Waals surface area contributed by atoms with Crippen molar-refractivity contribution in [2.75, 3.05) is 27.2 Å². The largest absolute Gasteiger partial charge is 0.305 e. The molecule has 1 unspecified atom stereocenters. The normalized spacial score (nSPS) is 21.8. The second-order valence-electron chi connectivity index (χ2n) is 5.44. The number of halogens is 1. The number of rotatable bonds is 3. The molecule has 0 aromatic carbocycles. The van der Waals surface area contributed by atoms with E-state index in [1.54, 1.807) is 0 Å². The Kier molecular flexibility index (Phi) is 4.45. The highest BCUT2D eigenvalue weighted by molar-refractivity contribution is 9.10. The molecule has 1 aromatic heterocycles. The highest BCUT2D eigenvalue weighted by atomic mass is 79.9. The highest BCUT2D eigenvalue weighted by Gasteiger charge is 2.22. The molecule has 0 spiro atoms. The average Bonchev–Trinajstić information content (AvgIpc) is 2.56. The van der Waals surface area contributed by atoms with Crippen molar-refractivity contribution < 1.29 is 0 Å². The van der Waals surface area contributed by atoms with E-state index in [4.69, 9.17) is 0 Å². The third-order valence-electron chi connectivity index (χ3n) is 3.88. The van der Waals surface area contributed by atoms with Crippen LogP contribution in [0.1, 0.15) is 24.2 Å². The van der Waals surface area contributed by atoms with Crippen LogP contribution in [0, 0.1) is 6.92 Å². The van der Waals surface area contributed by atoms with Crippen LogP contribution in [-0.2, 0) is 13.6 Å². The predicted molar refractivity (Wildman–Crippen MR) is 77.6 cm³/mol. The zero-order valence-electron chi connectivity index (χ0n) is 11.8. The third kappa shape index (κ3) is 2.95. The van der Waals surface area contributed by atoms with Gasteiger partial charge in [0.2, 0.25) is 0 Å². The van der Waals surface area contributed by atoms with Crippen LogP contribution < -0.4 is 0 Å². The van der Waals surface area contributed by atoms with Crippen LogP contribution in [0.2, 0.25) is 0 Å². The molecular formula is C13H23BrN4. The van der Waals surface area contributed by atoms with Crippen molar-refractivity contribution in [2.24, 2.45) is 7.05 Å². The first kappa shape index (κ1) is 14.0. The van der Waals surface area contributed by atoms with E-state index in [1.807, 2.05) is 18.7 Å². The number of hydrogen-bond acceptors (Lipinski definition) is 3. The lowest BCUT2D eigenvalue weighted by molar-refractivity contribution is 0.127. The molecule has 1 aliphatic heterocycles. The predicted octanol–water partition coefficient (Wildman–Crippen LogP) is 2.02. The van der Waals surface area contributed by atoms with Crippen LogP contribution in [0.25, 0.3) is 0 Å². The maximum atomic E-state index is 4.46. The minimum absolute atomic E-state index is 0.658. The van der Waals surface area contributed by atoms with Gasteiger partial charge in [0, 0.05) is 26.2 Å². The molecule has 0 amide bonds. The van der Waals surface area contributed by atoms with Gasteiger partial charge in [-0.05, 0) is 56.3 Å². The summed E-state index contributed by atoms with van der Waals surface area (Å²) in [4.78, 5) is 4.88. The quantitative estimate of drug-likeness (QED) is 0.853. The van der Waals surface area contributed by atoms with Crippen molar-refractivity contribution in [3.8, 4) is 0 Å². The first-order chi connectivity index (χ1) is 8.49. The summed E-state index contributed by atoms with van der Waals surface area (Å²) in [5.41, 5.74) is 2.34. The molecule has 18 heavy (non-hydrogen) atoms. The second kappa shape index (κ2) is 5.72. The van der Waals surface area contributed by atoms with E-state index in [9.17, 15) is 0 Å². The zero-order valence-corrected chi connectivity index (χ0v) is 13.4. The van der Waals surface area contributed by atoms with E-state index >= 15 is 0 Å². The molecule has 1 aliphatic rings. The molecule has 0 N–H and O–H groups in total. The van der Waals surface area contributed by atoms with Crippen molar-refractivity contribution in [2.45, 2.75) is 32.4 Å². The molecule has 0 saturated carbocycles. The van der Waals surface area contributed by atoms with Crippen molar-refractivity contribution in [1.29, 1.82) is 0 Å². The van der Waals surface area contributed by atoms with E-state index in [-0.39, 0.29) is 0 Å². The van der Waals surface area contributed by atoms with Gasteiger partial charge in [0.1, 0.15) is 0 Å². The van der Waals surface area contributed by atoms with Crippen LogP contribution in [0.15, 0.2) is 4.47 Å². The first-order valence-corrected chi connectivity index (χ1v) is 7.35. The van der Waals surface area contributed by atoms with Crippen LogP contribution in [0.3, 0.4) is 0 Å². The maximum absolute atomic E-state index is 4.46. The molecule has 1 fully saturated rings. The molecule has 0 radical (unpaired) electrons. The molecule has 1 atom stereocenters. The van der Waals surface area contributed by atoms with Crippen molar-refractivity contribution in [1.82, 2.24) is 19.6 Å². The van der Waals surface area contributed by atoms with Gasteiger partial charge < -0.3 is 4.90 Å². The first-order valence-electron chi connectivity index (χ1n) is 6.55. The zero-order chi connectivity index (χ0) is 13.3. The number of likely N-dealkylation sites (N-methyl/N-ethyl adjacent to an activating group) is 2. The number of aryl methyl sites for hydroxylation is 2. The Hall–Kier alpha value is -0.390. The standard InChI is InChI=1S/C13H23BrN4/c1-10-13(14)12(18(4)15-10)9-17(3)11-6-5-7-16(2)8-11/h11H,5-9H2,1-4H3. The van der Waals surface area contributed by atoms with Crippen molar-refractivity contribution in [3.63, 3.8) is 0 Å². The Bertz CT molecular complexity index is 415. The topological polar surface area (TPSA) is 24.3 Å². The molecule has 1 saturated heterocycles. The van der Waals surface area contributed by atoms with Gasteiger partial charge in [0.05, 0.1) is 15.9 Å². The minimum atomic E-state index is 0.658. The fraction of sp³-hybridized carbons (Fsp3) is 0.769. The lowest BCUT2D eigenvalue weighted by atomic mass is 10.0. The second-order valence-corrected chi connectivity index (χ2v) is 6.24. The van der Waals surface area contributed by atoms with Crippen molar-refractivity contribution >= 4 is 15.9 Å². The summed E-state index contributed by atoms with van der Waals surface area (Å²) >= 11 is 3.64. The van der Waals surface area contributed by atoms with E-state index in [0.717, 1.165) is 16.7 Å². The summed E-state index contributed by atoms with van der Waals surface area (Å²) in [5.74, 6) is 0. The monoisotopic (exact) mass is 314 g/mol. The Balaban J connectivity index is 2.04. The lowest BCUT2D eigenvalue weighted by Gasteiger charge is -2.35. The molecule has 2 rings (SSSR count). The Morgan fingerprint density at radius 1 is 1.44 bits per heavy atom. The molecule has 2 heterocycles. The molecule has 4 nitrogen and oxygen atoms in total. The molecule has 5 heteroatoms. The summed E-state index contributed by atoms with van der Waals surface area (Å²) in [7, 11) is 6.46. The van der Waals surface area contributed by atoms with E-state index in [0.29, 0.717) is 6.04 Å².